The number of thioether (sulfide) groups is 1. The first kappa shape index (κ1) is 21.6. The monoisotopic (exact) mass is 461 g/mol. The average Bonchev–Trinajstić information content (AvgIpc) is 3.17. The Bertz CT molecular complexity index is 1060. The summed E-state index contributed by atoms with van der Waals surface area (Å²) < 4.78 is 19.0. The summed E-state index contributed by atoms with van der Waals surface area (Å²) in [5.41, 5.74) is 2.30. The molecule has 0 amide bonds. The van der Waals surface area contributed by atoms with E-state index in [2.05, 4.69) is 25.9 Å². The molecule has 0 bridgehead atoms. The molecule has 1 aliphatic heterocycles. The van der Waals surface area contributed by atoms with Crippen molar-refractivity contribution in [2.45, 2.75) is 17.0 Å². The molecule has 0 saturated carbocycles. The highest BCUT2D eigenvalue weighted by atomic mass is 35.5. The van der Waals surface area contributed by atoms with Gasteiger partial charge in [0.15, 0.2) is 5.82 Å². The quantitative estimate of drug-likeness (QED) is 0.280. The Morgan fingerprint density at radius 1 is 1.23 bits per heavy atom. The number of rotatable bonds is 9. The second-order valence-electron chi connectivity index (χ2n) is 6.77. The summed E-state index contributed by atoms with van der Waals surface area (Å²) in [6, 6.07) is 11.6. The fourth-order valence-corrected chi connectivity index (χ4v) is 4.30. The third-order valence-electron chi connectivity index (χ3n) is 4.47. The van der Waals surface area contributed by atoms with Crippen LogP contribution in [0.4, 0.5) is 21.6 Å². The third-order valence-corrected chi connectivity index (χ3v) is 5.87. The molecule has 31 heavy (non-hydrogen) atoms. The first-order valence-electron chi connectivity index (χ1n) is 9.66. The van der Waals surface area contributed by atoms with Crippen LogP contribution in [0.3, 0.4) is 0 Å². The lowest BCUT2D eigenvalue weighted by Crippen LogP contribution is -2.30. The van der Waals surface area contributed by atoms with E-state index in [0.29, 0.717) is 29.7 Å². The van der Waals surface area contributed by atoms with Crippen LogP contribution in [-0.4, -0.2) is 40.1 Å². The summed E-state index contributed by atoms with van der Waals surface area (Å²) in [5, 5.41) is 20.1. The lowest BCUT2D eigenvalue weighted by molar-refractivity contribution is 0.293. The minimum Gasteiger partial charge on any atom is -0.487 e. The number of ether oxygens (including phenoxy) is 1. The summed E-state index contributed by atoms with van der Waals surface area (Å²) in [6.07, 6.45) is 1.51. The first-order chi connectivity index (χ1) is 15.1. The van der Waals surface area contributed by atoms with Crippen LogP contribution in [0.5, 0.6) is 5.75 Å². The van der Waals surface area contributed by atoms with Crippen LogP contribution in [0.1, 0.15) is 5.56 Å². The number of hydrogen-bond donors (Lipinski definition) is 4. The van der Waals surface area contributed by atoms with Gasteiger partial charge in [0.2, 0.25) is 0 Å². The predicted molar refractivity (Wildman–Crippen MR) is 121 cm³/mol. The Hall–Kier alpha value is -2.59. The van der Waals surface area contributed by atoms with Crippen LogP contribution in [0, 0.1) is 5.82 Å². The molecule has 4 rings (SSSR count). The third kappa shape index (κ3) is 5.56. The molecule has 3 aromatic rings. The Morgan fingerprint density at radius 2 is 2.13 bits per heavy atom. The number of nitrogens with zero attached hydrogens (tertiary/aromatic N) is 2. The van der Waals surface area contributed by atoms with E-state index >= 15 is 0 Å². The molecule has 4 N–H and O–H groups in total. The van der Waals surface area contributed by atoms with Gasteiger partial charge in [0, 0.05) is 18.8 Å². The van der Waals surface area contributed by atoms with Crippen molar-refractivity contribution >= 4 is 40.6 Å². The minimum atomic E-state index is -0.303. The van der Waals surface area contributed by atoms with Crippen LogP contribution in [0.25, 0.3) is 0 Å². The van der Waals surface area contributed by atoms with Crippen LogP contribution in [0.2, 0.25) is 5.02 Å². The number of benzene rings is 2. The molecule has 0 saturated heterocycles. The molecule has 162 valence electrons. The number of hydrogen-bond acceptors (Lipinski definition) is 8. The van der Waals surface area contributed by atoms with E-state index in [1.165, 1.54) is 18.5 Å². The highest BCUT2D eigenvalue weighted by Crippen LogP contribution is 2.41. The maximum atomic E-state index is 13.3. The molecular weight excluding hydrogens is 441 g/mol. The van der Waals surface area contributed by atoms with Crippen molar-refractivity contribution in [1.29, 1.82) is 0 Å². The second kappa shape index (κ2) is 10.1. The maximum Gasteiger partial charge on any atom is 0.158 e. The summed E-state index contributed by atoms with van der Waals surface area (Å²) in [4.78, 5) is 8.68. The Morgan fingerprint density at radius 3 is 2.94 bits per heavy atom. The smallest absolute Gasteiger partial charge is 0.158 e. The van der Waals surface area contributed by atoms with Gasteiger partial charge in [-0.2, -0.15) is 0 Å². The van der Waals surface area contributed by atoms with Gasteiger partial charge >= 0.3 is 0 Å². The van der Waals surface area contributed by atoms with Crippen LogP contribution >= 0.6 is 23.4 Å². The van der Waals surface area contributed by atoms with Crippen molar-refractivity contribution in [2.24, 2.45) is 0 Å². The zero-order chi connectivity index (χ0) is 21.6. The molecule has 0 radical (unpaired) electrons. The van der Waals surface area contributed by atoms with Gasteiger partial charge in [-0.15, -0.1) is 0 Å². The van der Waals surface area contributed by atoms with Crippen LogP contribution in [-0.2, 0) is 6.61 Å². The largest absolute Gasteiger partial charge is 0.487 e. The molecule has 1 atom stereocenters. The summed E-state index contributed by atoms with van der Waals surface area (Å²) in [7, 11) is 0. The topological polar surface area (TPSA) is 91.3 Å². The van der Waals surface area contributed by atoms with Crippen LogP contribution in [0.15, 0.2) is 53.8 Å². The van der Waals surface area contributed by atoms with Gasteiger partial charge in [-0.3, -0.25) is 0 Å². The van der Waals surface area contributed by atoms with Crippen molar-refractivity contribution in [1.82, 2.24) is 15.3 Å². The van der Waals surface area contributed by atoms with Crippen LogP contribution < -0.4 is 20.7 Å². The molecule has 1 aromatic heterocycles. The SMILES string of the molecule is OCCNCC1Nc2c(Nc3ccc(OCc4cccc(F)c4)c(Cl)c3)ncnc2S1. The van der Waals surface area contributed by atoms with Gasteiger partial charge in [0.05, 0.1) is 17.0 Å². The van der Waals surface area contributed by atoms with E-state index in [-0.39, 0.29) is 24.4 Å². The molecule has 2 aromatic carbocycles. The number of anilines is 3. The van der Waals surface area contributed by atoms with Crippen molar-refractivity contribution in [3.05, 3.63) is 65.2 Å². The van der Waals surface area contributed by atoms with Gasteiger partial charge in [0.1, 0.15) is 35.2 Å². The average molecular weight is 462 g/mol. The summed E-state index contributed by atoms with van der Waals surface area (Å²) >= 11 is 7.99. The number of aliphatic hydroxyl groups excluding tert-OH is 1. The van der Waals surface area contributed by atoms with Crippen molar-refractivity contribution in [3.63, 3.8) is 0 Å². The molecule has 10 heteroatoms. The highest BCUT2D eigenvalue weighted by molar-refractivity contribution is 8.00. The molecule has 0 aliphatic carbocycles. The fourth-order valence-electron chi connectivity index (χ4n) is 3.03. The number of fused-ring (bicyclic) bond motifs is 1. The molecule has 2 heterocycles. The first-order valence-corrected chi connectivity index (χ1v) is 10.9. The number of aliphatic hydroxyl groups is 1. The number of aromatic nitrogens is 2. The number of nitrogens with one attached hydrogen (secondary N) is 3. The van der Waals surface area contributed by atoms with Crippen molar-refractivity contribution in [2.75, 3.05) is 30.3 Å². The van der Waals surface area contributed by atoms with E-state index < -0.39 is 0 Å². The molecule has 0 spiro atoms. The molecule has 7 nitrogen and oxygen atoms in total. The lowest BCUT2D eigenvalue weighted by atomic mass is 10.2. The molecule has 0 fully saturated rings. The van der Waals surface area contributed by atoms with Crippen molar-refractivity contribution < 1.29 is 14.2 Å². The van der Waals surface area contributed by atoms with Gasteiger partial charge in [-0.05, 0) is 35.9 Å². The summed E-state index contributed by atoms with van der Waals surface area (Å²) in [6.45, 7) is 1.54. The normalized spacial score (nSPS) is 14.7. The van der Waals surface area contributed by atoms with Gasteiger partial charge in [-0.1, -0.05) is 35.5 Å². The van der Waals surface area contributed by atoms with E-state index in [1.54, 1.807) is 36.0 Å². The maximum absolute atomic E-state index is 13.3. The Kier molecular flexibility index (Phi) is 7.08. The second-order valence-corrected chi connectivity index (χ2v) is 8.37. The van der Waals surface area contributed by atoms with E-state index in [0.717, 1.165) is 22.0 Å². The standard InChI is InChI=1S/C21H21ClFN5O2S/c22-16-9-15(4-5-17(16)30-11-13-2-1-3-14(23)8-13)27-20-19-21(26-12-25-20)31-18(28-19)10-24-6-7-29/h1-5,8-9,12,18,24,28-29H,6-7,10-11H2,(H,25,26,27). The zero-order valence-corrected chi connectivity index (χ0v) is 18.0. The van der Waals surface area contributed by atoms with Crippen molar-refractivity contribution in [3.8, 4) is 5.75 Å². The summed E-state index contributed by atoms with van der Waals surface area (Å²) in [5.74, 6) is 0.849. The van der Waals surface area contributed by atoms with E-state index in [1.807, 2.05) is 6.07 Å². The minimum absolute atomic E-state index is 0.0969. The van der Waals surface area contributed by atoms with Gasteiger partial charge < -0.3 is 25.8 Å². The van der Waals surface area contributed by atoms with Gasteiger partial charge in [-0.25, -0.2) is 14.4 Å². The molecule has 1 unspecified atom stereocenters. The fraction of sp³-hybridized carbons (Fsp3) is 0.238. The predicted octanol–water partition coefficient (Wildman–Crippen LogP) is 4.02. The lowest BCUT2D eigenvalue weighted by Gasteiger charge is -2.13. The van der Waals surface area contributed by atoms with E-state index in [9.17, 15) is 4.39 Å². The zero-order valence-electron chi connectivity index (χ0n) is 16.4. The highest BCUT2D eigenvalue weighted by Gasteiger charge is 2.25. The number of halogens is 2. The Balaban J connectivity index is 1.41. The molecular formula is C21H21ClFN5O2S. The molecule has 1 aliphatic rings. The Labute approximate surface area is 188 Å². The van der Waals surface area contributed by atoms with E-state index in [4.69, 9.17) is 21.4 Å². The van der Waals surface area contributed by atoms with Gasteiger partial charge in [0.25, 0.3) is 0 Å².